The molecule has 3 saturated heterocycles. The summed E-state index contributed by atoms with van der Waals surface area (Å²) in [5, 5.41) is 10.4. The summed E-state index contributed by atoms with van der Waals surface area (Å²) in [6.07, 6.45) is 6.94. The van der Waals surface area contributed by atoms with E-state index in [1.54, 1.807) is 14.7 Å². The third-order valence-corrected chi connectivity index (χ3v) is 9.43. The molecule has 0 aromatic carbocycles. The molecule has 4 heterocycles. The average molecular weight is 452 g/mol. The van der Waals surface area contributed by atoms with Crippen molar-refractivity contribution in [3.8, 4) is 0 Å². The minimum absolute atomic E-state index is 0.0305. The Morgan fingerprint density at radius 3 is 2.39 bits per heavy atom. The van der Waals surface area contributed by atoms with Crippen LogP contribution in [0.2, 0.25) is 0 Å². The van der Waals surface area contributed by atoms with E-state index in [0.717, 1.165) is 50.8 Å². The molecule has 2 N–H and O–H groups in total. The van der Waals surface area contributed by atoms with Crippen molar-refractivity contribution in [3.05, 3.63) is 17.5 Å². The fourth-order valence-corrected chi connectivity index (χ4v) is 7.63. The highest BCUT2D eigenvalue weighted by Crippen LogP contribution is 2.41. The van der Waals surface area contributed by atoms with Gasteiger partial charge in [0.05, 0.1) is 0 Å². The molecule has 2 bridgehead atoms. The molecule has 172 valence electrons. The number of fused-ring (bicyclic) bond motifs is 2. The van der Waals surface area contributed by atoms with Gasteiger partial charge in [-0.05, 0) is 57.9 Å². The van der Waals surface area contributed by atoms with E-state index in [-0.39, 0.29) is 24.0 Å². The first-order chi connectivity index (χ1) is 15.0. The number of carbonyl (C=O) groups is 1. The van der Waals surface area contributed by atoms with Crippen molar-refractivity contribution >= 4 is 16.1 Å². The van der Waals surface area contributed by atoms with Crippen molar-refractivity contribution in [3.63, 3.8) is 0 Å². The molecule has 5 rings (SSSR count). The van der Waals surface area contributed by atoms with Crippen LogP contribution >= 0.6 is 0 Å². The fraction of sp³-hybridized carbons (Fsp3) is 0.810. The number of nitrogens with zero attached hydrogens (tertiary/aromatic N) is 3. The van der Waals surface area contributed by atoms with Crippen molar-refractivity contribution < 1.29 is 17.7 Å². The van der Waals surface area contributed by atoms with Gasteiger partial charge < -0.3 is 15.2 Å². The Hall–Kier alpha value is -1.49. The molecule has 10 heteroatoms. The molecule has 31 heavy (non-hydrogen) atoms. The van der Waals surface area contributed by atoms with Crippen LogP contribution in [0.25, 0.3) is 0 Å². The third-order valence-electron chi connectivity index (χ3n) is 7.28. The lowest BCUT2D eigenvalue weighted by atomic mass is 9.99. The van der Waals surface area contributed by atoms with E-state index < -0.39 is 10.2 Å². The summed E-state index contributed by atoms with van der Waals surface area (Å²) < 4.78 is 35.5. The number of piperidine rings is 2. The van der Waals surface area contributed by atoms with Crippen LogP contribution < -0.4 is 10.6 Å². The van der Waals surface area contributed by atoms with Crippen LogP contribution in [0.5, 0.6) is 0 Å². The maximum Gasteiger partial charge on any atom is 0.282 e. The van der Waals surface area contributed by atoms with E-state index in [9.17, 15) is 13.2 Å². The highest BCUT2D eigenvalue weighted by molar-refractivity contribution is 7.86. The van der Waals surface area contributed by atoms with Crippen molar-refractivity contribution in [2.45, 2.75) is 88.4 Å². The molecule has 0 spiro atoms. The number of rotatable bonds is 7. The van der Waals surface area contributed by atoms with Gasteiger partial charge >= 0.3 is 0 Å². The van der Waals surface area contributed by atoms with Crippen molar-refractivity contribution in [2.75, 3.05) is 19.6 Å². The van der Waals surface area contributed by atoms with Crippen molar-refractivity contribution in [1.82, 2.24) is 24.4 Å². The number of aromatic nitrogens is 1. The van der Waals surface area contributed by atoms with Crippen LogP contribution in [0.3, 0.4) is 0 Å². The van der Waals surface area contributed by atoms with E-state index in [1.165, 1.54) is 0 Å². The molecule has 3 aliphatic heterocycles. The van der Waals surface area contributed by atoms with Crippen LogP contribution in [0, 0.1) is 0 Å². The Balaban J connectivity index is 1.20. The van der Waals surface area contributed by atoms with E-state index in [2.05, 4.69) is 22.7 Å². The molecule has 9 nitrogen and oxygen atoms in total. The Morgan fingerprint density at radius 2 is 1.77 bits per heavy atom. The SMILES string of the molecule is CCNC1CCN(S(=O)(=O)N2[C@@H]3CC[C@H]2C[C@@H](NC(=O)c2cc(C4CC4)on2)C3)CC1. The molecule has 4 fully saturated rings. The quantitative estimate of drug-likeness (QED) is 0.652. The molecule has 1 aromatic heterocycles. The topological polar surface area (TPSA) is 108 Å². The highest BCUT2D eigenvalue weighted by atomic mass is 32.2. The van der Waals surface area contributed by atoms with Crippen molar-refractivity contribution in [2.24, 2.45) is 0 Å². The molecule has 0 unspecified atom stereocenters. The third kappa shape index (κ3) is 4.27. The lowest BCUT2D eigenvalue weighted by Crippen LogP contribution is -2.57. The van der Waals surface area contributed by atoms with Crippen LogP contribution in [0.15, 0.2) is 10.6 Å². The minimum Gasteiger partial charge on any atom is -0.360 e. The highest BCUT2D eigenvalue weighted by Gasteiger charge is 2.49. The van der Waals surface area contributed by atoms with Gasteiger partial charge in [-0.15, -0.1) is 0 Å². The molecule has 3 atom stereocenters. The summed E-state index contributed by atoms with van der Waals surface area (Å²) >= 11 is 0. The molecule has 1 amide bonds. The summed E-state index contributed by atoms with van der Waals surface area (Å²) in [4.78, 5) is 12.6. The molecule has 0 radical (unpaired) electrons. The van der Waals surface area contributed by atoms with Crippen LogP contribution in [-0.4, -0.2) is 71.9 Å². The van der Waals surface area contributed by atoms with Gasteiger partial charge in [0.1, 0.15) is 5.76 Å². The zero-order chi connectivity index (χ0) is 21.6. The second-order valence-corrected chi connectivity index (χ2v) is 11.3. The number of nitrogens with one attached hydrogen (secondary N) is 2. The number of hydrogen-bond donors (Lipinski definition) is 2. The first-order valence-corrected chi connectivity index (χ1v) is 13.1. The summed E-state index contributed by atoms with van der Waals surface area (Å²) in [5.41, 5.74) is 0.327. The van der Waals surface area contributed by atoms with Gasteiger partial charge in [-0.25, -0.2) is 0 Å². The number of amides is 1. The van der Waals surface area contributed by atoms with E-state index in [1.807, 2.05) is 0 Å². The first-order valence-electron chi connectivity index (χ1n) is 11.7. The van der Waals surface area contributed by atoms with E-state index in [0.29, 0.717) is 43.6 Å². The second kappa shape index (κ2) is 8.46. The summed E-state index contributed by atoms with van der Waals surface area (Å²) in [6, 6.07) is 2.04. The van der Waals surface area contributed by atoms with Crippen LogP contribution in [0.1, 0.15) is 80.5 Å². The monoisotopic (exact) mass is 451 g/mol. The Labute approximate surface area is 184 Å². The Bertz CT molecular complexity index is 893. The summed E-state index contributed by atoms with van der Waals surface area (Å²) in [6.45, 7) is 4.15. The normalized spacial score (nSPS) is 30.5. The molecule has 1 saturated carbocycles. The first kappa shape index (κ1) is 21.4. The Kier molecular flexibility index (Phi) is 5.83. The standard InChI is InChI=1S/C21H33N5O4S/c1-2-22-15-7-9-25(10-8-15)31(28,29)26-17-5-6-18(26)12-16(11-17)23-21(27)19-13-20(30-24-19)14-3-4-14/h13-18,22H,2-12H2,1H3,(H,23,27)/t16-,17+,18-. The van der Waals surface area contributed by atoms with E-state index in [4.69, 9.17) is 4.52 Å². The van der Waals surface area contributed by atoms with Gasteiger partial charge in [-0.1, -0.05) is 12.1 Å². The van der Waals surface area contributed by atoms with Gasteiger partial charge in [0.25, 0.3) is 16.1 Å². The fourth-order valence-electron chi connectivity index (χ4n) is 5.56. The zero-order valence-corrected chi connectivity index (χ0v) is 18.9. The van der Waals surface area contributed by atoms with Crippen LogP contribution in [0.4, 0.5) is 0 Å². The predicted molar refractivity (Wildman–Crippen MR) is 115 cm³/mol. The molecular weight excluding hydrogens is 418 g/mol. The summed E-state index contributed by atoms with van der Waals surface area (Å²) in [5.74, 6) is 0.993. The second-order valence-electron chi connectivity index (χ2n) is 9.48. The van der Waals surface area contributed by atoms with Crippen LogP contribution in [-0.2, 0) is 10.2 Å². The minimum atomic E-state index is -3.46. The lowest BCUT2D eigenvalue weighted by molar-refractivity contribution is 0.0897. The molecule has 1 aromatic rings. The molecule has 1 aliphatic carbocycles. The number of carbonyl (C=O) groups excluding carboxylic acids is 1. The molecule has 4 aliphatic rings. The van der Waals surface area contributed by atoms with Gasteiger partial charge in [0.15, 0.2) is 5.69 Å². The largest absolute Gasteiger partial charge is 0.360 e. The average Bonchev–Trinajstić information content (AvgIpc) is 3.40. The van der Waals surface area contributed by atoms with Crippen molar-refractivity contribution in [1.29, 1.82) is 0 Å². The Morgan fingerprint density at radius 1 is 1.10 bits per heavy atom. The zero-order valence-electron chi connectivity index (χ0n) is 18.1. The molecular formula is C21H33N5O4S. The maximum absolute atomic E-state index is 13.4. The smallest absolute Gasteiger partial charge is 0.282 e. The predicted octanol–water partition coefficient (Wildman–Crippen LogP) is 1.60. The maximum atomic E-state index is 13.4. The summed E-state index contributed by atoms with van der Waals surface area (Å²) in [7, 11) is -3.46. The van der Waals surface area contributed by atoms with Gasteiger partial charge in [-0.2, -0.15) is 17.0 Å². The van der Waals surface area contributed by atoms with Gasteiger partial charge in [0.2, 0.25) is 0 Å². The van der Waals surface area contributed by atoms with E-state index >= 15 is 0 Å². The van der Waals surface area contributed by atoms with Gasteiger partial charge in [0, 0.05) is 49.2 Å². The van der Waals surface area contributed by atoms with Gasteiger partial charge in [-0.3, -0.25) is 4.79 Å². The lowest BCUT2D eigenvalue weighted by Gasteiger charge is -2.42. The number of hydrogen-bond acceptors (Lipinski definition) is 6.